The number of halogens is 1. The molecule has 0 unspecified atom stereocenters. The normalized spacial score (nSPS) is 10.7. The molecule has 2 aromatic heterocycles. The Morgan fingerprint density at radius 1 is 1.53 bits per heavy atom. The summed E-state index contributed by atoms with van der Waals surface area (Å²) >= 11 is 5.64. The molecule has 0 fully saturated rings. The van der Waals surface area contributed by atoms with Gasteiger partial charge < -0.3 is 5.73 Å². The fraction of sp³-hybridized carbons (Fsp3) is 0.300. The van der Waals surface area contributed by atoms with Gasteiger partial charge in [0.2, 0.25) is 0 Å². The van der Waals surface area contributed by atoms with Crippen LogP contribution in [0.4, 0.5) is 5.69 Å². The first kappa shape index (κ1) is 11.7. The zero-order chi connectivity index (χ0) is 12.4. The second-order valence-electron chi connectivity index (χ2n) is 3.72. The Bertz CT molecular complexity index is 589. The average Bonchev–Trinajstić information content (AvgIpc) is 2.71. The van der Waals surface area contributed by atoms with E-state index < -0.39 is 0 Å². The quantitative estimate of drug-likeness (QED) is 0.806. The lowest BCUT2D eigenvalue weighted by Gasteiger charge is -2.05. The first-order chi connectivity index (χ1) is 8.08. The summed E-state index contributed by atoms with van der Waals surface area (Å²) in [7, 11) is 1.84. The SMILES string of the molecule is Cn1cc(CCn2cnc(Cl)c(N)c2=O)cn1. The van der Waals surface area contributed by atoms with E-state index in [-0.39, 0.29) is 16.4 Å². The largest absolute Gasteiger partial charge is 0.392 e. The van der Waals surface area contributed by atoms with Gasteiger partial charge in [0, 0.05) is 19.8 Å². The van der Waals surface area contributed by atoms with Crippen LogP contribution in [0.15, 0.2) is 23.5 Å². The third kappa shape index (κ3) is 2.47. The highest BCUT2D eigenvalue weighted by atomic mass is 35.5. The predicted molar refractivity (Wildman–Crippen MR) is 64.8 cm³/mol. The molecule has 6 nitrogen and oxygen atoms in total. The van der Waals surface area contributed by atoms with Gasteiger partial charge in [0.15, 0.2) is 5.15 Å². The van der Waals surface area contributed by atoms with Gasteiger partial charge in [-0.05, 0) is 12.0 Å². The summed E-state index contributed by atoms with van der Waals surface area (Å²) < 4.78 is 3.15. The molecule has 0 bridgehead atoms. The fourth-order valence-electron chi connectivity index (χ4n) is 1.50. The van der Waals surface area contributed by atoms with Crippen molar-refractivity contribution in [2.45, 2.75) is 13.0 Å². The van der Waals surface area contributed by atoms with Gasteiger partial charge >= 0.3 is 0 Å². The third-order valence-electron chi connectivity index (χ3n) is 2.42. The maximum Gasteiger partial charge on any atom is 0.278 e. The summed E-state index contributed by atoms with van der Waals surface area (Å²) in [5.41, 5.74) is 6.24. The zero-order valence-corrected chi connectivity index (χ0v) is 10.1. The first-order valence-electron chi connectivity index (χ1n) is 5.06. The van der Waals surface area contributed by atoms with Gasteiger partial charge in [-0.3, -0.25) is 14.0 Å². The van der Waals surface area contributed by atoms with Crippen molar-refractivity contribution in [2.75, 3.05) is 5.73 Å². The van der Waals surface area contributed by atoms with E-state index in [4.69, 9.17) is 17.3 Å². The summed E-state index contributed by atoms with van der Waals surface area (Å²) in [6.07, 6.45) is 5.75. The topological polar surface area (TPSA) is 78.7 Å². The fourth-order valence-corrected chi connectivity index (χ4v) is 1.62. The minimum Gasteiger partial charge on any atom is -0.392 e. The van der Waals surface area contributed by atoms with Gasteiger partial charge in [-0.2, -0.15) is 5.10 Å². The maximum absolute atomic E-state index is 11.7. The van der Waals surface area contributed by atoms with E-state index in [1.54, 1.807) is 10.9 Å². The molecule has 0 atom stereocenters. The predicted octanol–water partition coefficient (Wildman–Crippen LogP) is 0.455. The van der Waals surface area contributed by atoms with Crippen LogP contribution in [0.5, 0.6) is 0 Å². The number of rotatable bonds is 3. The van der Waals surface area contributed by atoms with Crippen LogP contribution in [0.3, 0.4) is 0 Å². The van der Waals surface area contributed by atoms with Crippen LogP contribution in [0.2, 0.25) is 5.15 Å². The smallest absolute Gasteiger partial charge is 0.278 e. The minimum atomic E-state index is -0.311. The van der Waals surface area contributed by atoms with E-state index in [9.17, 15) is 4.79 Å². The van der Waals surface area contributed by atoms with Crippen LogP contribution >= 0.6 is 11.6 Å². The maximum atomic E-state index is 11.7. The highest BCUT2D eigenvalue weighted by Crippen LogP contribution is 2.08. The van der Waals surface area contributed by atoms with Gasteiger partial charge in [-0.1, -0.05) is 11.6 Å². The molecule has 0 aliphatic heterocycles. The van der Waals surface area contributed by atoms with E-state index in [0.29, 0.717) is 13.0 Å². The standard InChI is InChI=1S/C10H12ClN5O/c1-15-5-7(4-14-15)2-3-16-6-13-9(11)8(12)10(16)17/h4-6H,2-3,12H2,1H3. The van der Waals surface area contributed by atoms with Gasteiger partial charge in [-0.15, -0.1) is 0 Å². The molecule has 17 heavy (non-hydrogen) atoms. The molecule has 2 N–H and O–H groups in total. The molecule has 0 amide bonds. The molecule has 2 rings (SSSR count). The van der Waals surface area contributed by atoms with Crippen LogP contribution < -0.4 is 11.3 Å². The monoisotopic (exact) mass is 253 g/mol. The molecule has 0 spiro atoms. The van der Waals surface area contributed by atoms with Crippen LogP contribution in [-0.2, 0) is 20.0 Å². The Balaban J connectivity index is 2.15. The minimum absolute atomic E-state index is 0.0136. The third-order valence-corrected chi connectivity index (χ3v) is 2.72. The molecule has 0 aliphatic rings. The van der Waals surface area contributed by atoms with Crippen molar-refractivity contribution in [3.05, 3.63) is 39.8 Å². The summed E-state index contributed by atoms with van der Waals surface area (Å²) in [6, 6.07) is 0. The molecule has 0 aromatic carbocycles. The van der Waals surface area contributed by atoms with Crippen molar-refractivity contribution < 1.29 is 0 Å². The lowest BCUT2D eigenvalue weighted by Crippen LogP contribution is -2.24. The van der Waals surface area contributed by atoms with Gasteiger partial charge in [0.25, 0.3) is 5.56 Å². The molecular weight excluding hydrogens is 242 g/mol. The van der Waals surface area contributed by atoms with E-state index in [1.807, 2.05) is 13.2 Å². The second-order valence-corrected chi connectivity index (χ2v) is 4.08. The first-order valence-corrected chi connectivity index (χ1v) is 5.43. The lowest BCUT2D eigenvalue weighted by atomic mass is 10.2. The van der Waals surface area contributed by atoms with Crippen LogP contribution in [0, 0.1) is 0 Å². The summed E-state index contributed by atoms with van der Waals surface area (Å²) in [4.78, 5) is 15.5. The second kappa shape index (κ2) is 4.58. The van der Waals surface area contributed by atoms with Crippen molar-refractivity contribution in [1.29, 1.82) is 0 Å². The van der Waals surface area contributed by atoms with E-state index in [1.165, 1.54) is 10.9 Å². The van der Waals surface area contributed by atoms with Crippen LogP contribution in [-0.4, -0.2) is 19.3 Å². The molecule has 7 heteroatoms. The highest BCUT2D eigenvalue weighted by molar-refractivity contribution is 6.31. The van der Waals surface area contributed by atoms with Gasteiger partial charge in [0.05, 0.1) is 12.5 Å². The number of aryl methyl sites for hydroxylation is 3. The van der Waals surface area contributed by atoms with Crippen LogP contribution in [0.1, 0.15) is 5.56 Å². The molecule has 90 valence electrons. The Labute approximate surface area is 103 Å². The molecule has 2 heterocycles. The average molecular weight is 254 g/mol. The number of aromatic nitrogens is 4. The van der Waals surface area contributed by atoms with Crippen LogP contribution in [0.25, 0.3) is 0 Å². The Kier molecular flexibility index (Phi) is 3.14. The Morgan fingerprint density at radius 2 is 2.29 bits per heavy atom. The zero-order valence-electron chi connectivity index (χ0n) is 9.30. The Hall–Kier alpha value is -1.82. The Morgan fingerprint density at radius 3 is 2.94 bits per heavy atom. The summed E-state index contributed by atoms with van der Waals surface area (Å²) in [6.45, 7) is 0.499. The number of nitrogens with two attached hydrogens (primary N) is 1. The van der Waals surface area contributed by atoms with E-state index in [2.05, 4.69) is 10.1 Å². The van der Waals surface area contributed by atoms with Crippen molar-refractivity contribution >= 4 is 17.3 Å². The van der Waals surface area contributed by atoms with E-state index >= 15 is 0 Å². The molecule has 0 aliphatic carbocycles. The highest BCUT2D eigenvalue weighted by Gasteiger charge is 2.06. The molecule has 2 aromatic rings. The molecule has 0 saturated heterocycles. The number of nitrogen functional groups attached to an aromatic ring is 1. The number of nitrogens with zero attached hydrogens (tertiary/aromatic N) is 4. The van der Waals surface area contributed by atoms with Gasteiger partial charge in [0.1, 0.15) is 5.69 Å². The van der Waals surface area contributed by atoms with Crippen molar-refractivity contribution in [3.63, 3.8) is 0 Å². The van der Waals surface area contributed by atoms with E-state index in [0.717, 1.165) is 5.56 Å². The van der Waals surface area contributed by atoms with Crippen molar-refractivity contribution in [2.24, 2.45) is 7.05 Å². The molecule has 0 saturated carbocycles. The van der Waals surface area contributed by atoms with Gasteiger partial charge in [-0.25, -0.2) is 4.98 Å². The summed E-state index contributed by atoms with van der Waals surface area (Å²) in [5.74, 6) is 0. The number of hydrogen-bond acceptors (Lipinski definition) is 4. The number of hydrogen-bond donors (Lipinski definition) is 1. The summed E-state index contributed by atoms with van der Waals surface area (Å²) in [5, 5.41) is 4.10. The molecule has 0 radical (unpaired) electrons. The van der Waals surface area contributed by atoms with Crippen molar-refractivity contribution in [3.8, 4) is 0 Å². The lowest BCUT2D eigenvalue weighted by molar-refractivity contribution is 0.656. The number of anilines is 1. The van der Waals surface area contributed by atoms with Crippen molar-refractivity contribution in [1.82, 2.24) is 19.3 Å². The molecular formula is C10H12ClN5O.